The lowest BCUT2D eigenvalue weighted by Crippen LogP contribution is -2.31. The maximum Gasteiger partial charge on any atom is 0.224 e. The number of nitrogen functional groups attached to an aromatic ring is 1. The van der Waals surface area contributed by atoms with Crippen LogP contribution >= 0.6 is 12.4 Å². The van der Waals surface area contributed by atoms with Crippen LogP contribution in [-0.4, -0.2) is 11.9 Å². The second kappa shape index (κ2) is 5.04. The van der Waals surface area contributed by atoms with Crippen molar-refractivity contribution < 1.29 is 4.79 Å². The first-order valence-electron chi connectivity index (χ1n) is 6.39. The van der Waals surface area contributed by atoms with Crippen LogP contribution in [0, 0.1) is 10.8 Å². The summed E-state index contributed by atoms with van der Waals surface area (Å²) >= 11 is 0. The summed E-state index contributed by atoms with van der Waals surface area (Å²) in [4.78, 5) is 12.0. The second-order valence-corrected chi connectivity index (χ2v) is 6.36. The summed E-state index contributed by atoms with van der Waals surface area (Å²) in [7, 11) is 0. The first-order chi connectivity index (χ1) is 8.25. The van der Waals surface area contributed by atoms with E-state index in [-0.39, 0.29) is 35.2 Å². The van der Waals surface area contributed by atoms with Gasteiger partial charge in [-0.05, 0) is 28.5 Å². The van der Waals surface area contributed by atoms with Gasteiger partial charge in [-0.3, -0.25) is 4.79 Å². The van der Waals surface area contributed by atoms with Gasteiger partial charge >= 0.3 is 0 Å². The lowest BCUT2D eigenvalue weighted by Gasteiger charge is -2.07. The predicted molar refractivity (Wildman–Crippen MR) is 81.3 cm³/mol. The Bertz CT molecular complexity index is 452. The Morgan fingerprint density at radius 2 is 1.63 bits per heavy atom. The molecule has 0 heterocycles. The van der Waals surface area contributed by atoms with Crippen LogP contribution in [0.3, 0.4) is 0 Å². The van der Waals surface area contributed by atoms with Crippen LogP contribution in [-0.2, 0) is 11.2 Å². The zero-order valence-corrected chi connectivity index (χ0v) is 12.8. The number of amides is 1. The predicted octanol–water partition coefficient (Wildman–Crippen LogP) is 2.78. The van der Waals surface area contributed by atoms with Crippen molar-refractivity contribution in [3.8, 4) is 0 Å². The Morgan fingerprint density at radius 3 is 2.05 bits per heavy atom. The average molecular weight is 283 g/mol. The van der Waals surface area contributed by atoms with Gasteiger partial charge in [-0.2, -0.15) is 0 Å². The summed E-state index contributed by atoms with van der Waals surface area (Å²) in [6.07, 6.45) is 0.420. The summed E-state index contributed by atoms with van der Waals surface area (Å²) in [6.45, 7) is 8.78. The Balaban J connectivity index is 0.00000180. The van der Waals surface area contributed by atoms with Gasteiger partial charge in [0.2, 0.25) is 5.91 Å². The number of carbonyl (C=O) groups is 1. The fraction of sp³-hybridized carbons (Fsp3) is 0.533. The van der Waals surface area contributed by atoms with Crippen LogP contribution in [0.2, 0.25) is 0 Å². The fourth-order valence-corrected chi connectivity index (χ4v) is 2.59. The van der Waals surface area contributed by atoms with E-state index in [1.54, 1.807) is 0 Å². The van der Waals surface area contributed by atoms with Crippen LogP contribution in [0.25, 0.3) is 0 Å². The van der Waals surface area contributed by atoms with Gasteiger partial charge in [0.25, 0.3) is 0 Å². The molecule has 0 aromatic heterocycles. The maximum absolute atomic E-state index is 12.0. The molecule has 0 saturated heterocycles. The highest BCUT2D eigenvalue weighted by Gasteiger charge is 2.65. The largest absolute Gasteiger partial charge is 0.399 e. The topological polar surface area (TPSA) is 55.1 Å². The molecule has 1 amide bonds. The molecule has 3 nitrogen and oxygen atoms in total. The van der Waals surface area contributed by atoms with E-state index in [9.17, 15) is 4.79 Å². The van der Waals surface area contributed by atoms with Crippen molar-refractivity contribution in [3.63, 3.8) is 0 Å². The quantitative estimate of drug-likeness (QED) is 0.838. The van der Waals surface area contributed by atoms with Crippen molar-refractivity contribution in [2.24, 2.45) is 10.8 Å². The van der Waals surface area contributed by atoms with Crippen LogP contribution in [0.1, 0.15) is 33.3 Å². The summed E-state index contributed by atoms with van der Waals surface area (Å²) in [5, 5.41) is 3.13. The van der Waals surface area contributed by atoms with E-state index < -0.39 is 0 Å². The summed E-state index contributed by atoms with van der Waals surface area (Å²) in [5.41, 5.74) is 7.71. The number of rotatable bonds is 3. The molecule has 1 saturated carbocycles. The highest BCUT2D eigenvalue weighted by molar-refractivity contribution is 5.85. The third-order valence-electron chi connectivity index (χ3n) is 4.67. The maximum atomic E-state index is 12.0. The van der Waals surface area contributed by atoms with Gasteiger partial charge in [0.05, 0.1) is 6.42 Å². The summed E-state index contributed by atoms with van der Waals surface area (Å²) < 4.78 is 0. The molecule has 0 atom stereocenters. The molecule has 19 heavy (non-hydrogen) atoms. The molecule has 106 valence electrons. The molecule has 4 heteroatoms. The third kappa shape index (κ3) is 2.86. The van der Waals surface area contributed by atoms with E-state index in [1.165, 1.54) is 0 Å². The van der Waals surface area contributed by atoms with Crippen LogP contribution < -0.4 is 11.1 Å². The molecule has 1 aliphatic carbocycles. The van der Waals surface area contributed by atoms with Crippen molar-refractivity contribution in [1.82, 2.24) is 5.32 Å². The minimum Gasteiger partial charge on any atom is -0.399 e. The van der Waals surface area contributed by atoms with Gasteiger partial charge in [0.1, 0.15) is 0 Å². The summed E-state index contributed by atoms with van der Waals surface area (Å²) in [6, 6.07) is 7.73. The molecule has 2 rings (SSSR count). The van der Waals surface area contributed by atoms with Gasteiger partial charge in [0, 0.05) is 11.7 Å². The van der Waals surface area contributed by atoms with Crippen LogP contribution in [0.15, 0.2) is 24.3 Å². The van der Waals surface area contributed by atoms with E-state index in [0.717, 1.165) is 11.3 Å². The molecule has 1 aliphatic rings. The van der Waals surface area contributed by atoms with E-state index in [0.29, 0.717) is 6.42 Å². The molecular formula is C15H23ClN2O. The SMILES string of the molecule is CC1(C)C(NC(=O)Cc2ccc(N)cc2)C1(C)C.Cl. The molecule has 3 N–H and O–H groups in total. The Kier molecular flexibility index (Phi) is 4.20. The first kappa shape index (κ1) is 15.8. The van der Waals surface area contributed by atoms with Gasteiger partial charge in [0.15, 0.2) is 0 Å². The van der Waals surface area contributed by atoms with Gasteiger partial charge in [-0.15, -0.1) is 12.4 Å². The van der Waals surface area contributed by atoms with Crippen LogP contribution in [0.5, 0.6) is 0 Å². The Morgan fingerprint density at radius 1 is 1.16 bits per heavy atom. The molecule has 1 fully saturated rings. The van der Waals surface area contributed by atoms with E-state index in [4.69, 9.17) is 5.73 Å². The second-order valence-electron chi connectivity index (χ2n) is 6.36. The molecule has 0 bridgehead atoms. The summed E-state index contributed by atoms with van der Waals surface area (Å²) in [5.74, 6) is 0.0865. The van der Waals surface area contributed by atoms with Gasteiger partial charge in [-0.25, -0.2) is 0 Å². The highest BCUT2D eigenvalue weighted by Crippen LogP contribution is 2.62. The normalized spacial score (nSPS) is 19.4. The van der Waals surface area contributed by atoms with E-state index in [2.05, 4.69) is 33.0 Å². The lowest BCUT2D eigenvalue weighted by atomic mass is 10.0. The standard InChI is InChI=1S/C15H22N2O.ClH/c1-14(2)13(15(14,3)4)17-12(18)9-10-5-7-11(16)8-6-10;/h5-8,13H,9,16H2,1-4H3,(H,17,18);1H. The molecule has 1 aromatic carbocycles. The molecular weight excluding hydrogens is 260 g/mol. The number of halogens is 1. The van der Waals surface area contributed by atoms with Crippen molar-refractivity contribution >= 4 is 24.0 Å². The number of benzene rings is 1. The molecule has 0 spiro atoms. The van der Waals surface area contributed by atoms with Gasteiger partial charge in [-0.1, -0.05) is 39.8 Å². The molecule has 0 radical (unpaired) electrons. The Hall–Kier alpha value is -1.22. The number of nitrogens with two attached hydrogens (primary N) is 1. The number of anilines is 1. The zero-order valence-electron chi connectivity index (χ0n) is 12.0. The highest BCUT2D eigenvalue weighted by atomic mass is 35.5. The van der Waals surface area contributed by atoms with Crippen molar-refractivity contribution in [2.45, 2.75) is 40.2 Å². The van der Waals surface area contributed by atoms with E-state index >= 15 is 0 Å². The van der Waals surface area contributed by atoms with Crippen molar-refractivity contribution in [2.75, 3.05) is 5.73 Å². The number of carbonyl (C=O) groups excluding carboxylic acids is 1. The zero-order chi connectivity index (χ0) is 13.6. The smallest absolute Gasteiger partial charge is 0.224 e. The number of hydrogen-bond donors (Lipinski definition) is 2. The lowest BCUT2D eigenvalue weighted by molar-refractivity contribution is -0.120. The molecule has 0 aliphatic heterocycles. The number of nitrogens with one attached hydrogen (secondary N) is 1. The third-order valence-corrected chi connectivity index (χ3v) is 4.67. The van der Waals surface area contributed by atoms with E-state index in [1.807, 2.05) is 24.3 Å². The van der Waals surface area contributed by atoms with Crippen molar-refractivity contribution in [1.29, 1.82) is 0 Å². The minimum atomic E-state index is 0. The monoisotopic (exact) mass is 282 g/mol. The fourth-order valence-electron chi connectivity index (χ4n) is 2.59. The number of hydrogen-bond acceptors (Lipinski definition) is 2. The van der Waals surface area contributed by atoms with Crippen LogP contribution in [0.4, 0.5) is 5.69 Å². The minimum absolute atomic E-state index is 0. The molecule has 0 unspecified atom stereocenters. The Labute approximate surface area is 121 Å². The first-order valence-corrected chi connectivity index (χ1v) is 6.39. The average Bonchev–Trinajstić information content (AvgIpc) is 2.64. The molecule has 1 aromatic rings. The van der Waals surface area contributed by atoms with Gasteiger partial charge < -0.3 is 11.1 Å². The van der Waals surface area contributed by atoms with Crippen molar-refractivity contribution in [3.05, 3.63) is 29.8 Å².